The zero-order valence-electron chi connectivity index (χ0n) is 14.8. The Morgan fingerprint density at radius 1 is 1.12 bits per heavy atom. The highest BCUT2D eigenvalue weighted by Gasteiger charge is 2.61. The summed E-state index contributed by atoms with van der Waals surface area (Å²) in [6, 6.07) is -1.08. The SMILES string of the molecule is CCOC(=O)[C@H]1[C@H](CO)[C@@H]1[C@@H](NC(=O)OC(C)(C)C)C(=O)OCC. The minimum absolute atomic E-state index is 0.131. The first-order valence-electron chi connectivity index (χ1n) is 8.09. The van der Waals surface area contributed by atoms with Crippen molar-refractivity contribution >= 4 is 18.0 Å². The highest BCUT2D eigenvalue weighted by Crippen LogP contribution is 2.49. The lowest BCUT2D eigenvalue weighted by Crippen LogP contribution is -2.46. The summed E-state index contributed by atoms with van der Waals surface area (Å²) >= 11 is 0. The number of alkyl carbamates (subject to hydrolysis) is 1. The number of ether oxygens (including phenoxy) is 3. The van der Waals surface area contributed by atoms with E-state index in [0.29, 0.717) is 0 Å². The van der Waals surface area contributed by atoms with Crippen LogP contribution in [0.15, 0.2) is 0 Å². The molecular weight excluding hydrogens is 318 g/mol. The first-order chi connectivity index (χ1) is 11.2. The Balaban J connectivity index is 2.88. The molecule has 2 N–H and O–H groups in total. The number of aliphatic hydroxyl groups is 1. The minimum atomic E-state index is -1.08. The van der Waals surface area contributed by atoms with E-state index < -0.39 is 47.4 Å². The summed E-state index contributed by atoms with van der Waals surface area (Å²) in [5.41, 5.74) is -0.732. The summed E-state index contributed by atoms with van der Waals surface area (Å²) in [4.78, 5) is 36.1. The first kappa shape index (κ1) is 20.2. The van der Waals surface area contributed by atoms with Crippen molar-refractivity contribution < 1.29 is 33.7 Å². The first-order valence-corrected chi connectivity index (χ1v) is 8.09. The second kappa shape index (κ2) is 8.32. The predicted molar refractivity (Wildman–Crippen MR) is 84.0 cm³/mol. The van der Waals surface area contributed by atoms with Crippen LogP contribution in [-0.2, 0) is 23.8 Å². The molecule has 0 spiro atoms. The summed E-state index contributed by atoms with van der Waals surface area (Å²) in [5, 5.41) is 11.9. The molecule has 1 rings (SSSR count). The van der Waals surface area contributed by atoms with Gasteiger partial charge in [-0.15, -0.1) is 0 Å². The van der Waals surface area contributed by atoms with Crippen molar-refractivity contribution in [1.29, 1.82) is 0 Å². The molecule has 0 heterocycles. The second-order valence-electron chi connectivity index (χ2n) is 6.58. The highest BCUT2D eigenvalue weighted by atomic mass is 16.6. The molecule has 0 aromatic carbocycles. The van der Waals surface area contributed by atoms with Gasteiger partial charge in [0.15, 0.2) is 0 Å². The van der Waals surface area contributed by atoms with E-state index in [9.17, 15) is 19.5 Å². The van der Waals surface area contributed by atoms with Gasteiger partial charge in [-0.25, -0.2) is 9.59 Å². The maximum absolute atomic E-state index is 12.2. The number of nitrogens with one attached hydrogen (secondary N) is 1. The van der Waals surface area contributed by atoms with E-state index in [1.807, 2.05) is 0 Å². The molecule has 0 aromatic rings. The van der Waals surface area contributed by atoms with Gasteiger partial charge in [0.1, 0.15) is 11.6 Å². The Morgan fingerprint density at radius 2 is 1.71 bits per heavy atom. The van der Waals surface area contributed by atoms with Crippen molar-refractivity contribution in [3.63, 3.8) is 0 Å². The van der Waals surface area contributed by atoms with Crippen molar-refractivity contribution in [3.8, 4) is 0 Å². The zero-order valence-corrected chi connectivity index (χ0v) is 14.8. The Kier molecular flexibility index (Phi) is 7.01. The molecule has 138 valence electrons. The largest absolute Gasteiger partial charge is 0.466 e. The van der Waals surface area contributed by atoms with Crippen molar-refractivity contribution in [2.24, 2.45) is 17.8 Å². The van der Waals surface area contributed by atoms with E-state index in [0.717, 1.165) is 0 Å². The third kappa shape index (κ3) is 5.36. The molecule has 4 atom stereocenters. The second-order valence-corrected chi connectivity index (χ2v) is 6.58. The quantitative estimate of drug-likeness (QED) is 0.520. The Hall–Kier alpha value is -1.83. The molecule has 8 heteroatoms. The average Bonchev–Trinajstić information content (AvgIpc) is 3.17. The molecule has 1 fully saturated rings. The number of hydrogen-bond donors (Lipinski definition) is 2. The number of hydrogen-bond acceptors (Lipinski definition) is 7. The molecule has 0 saturated heterocycles. The van der Waals surface area contributed by atoms with Gasteiger partial charge in [0, 0.05) is 18.4 Å². The monoisotopic (exact) mass is 345 g/mol. The fourth-order valence-electron chi connectivity index (χ4n) is 2.64. The van der Waals surface area contributed by atoms with Gasteiger partial charge in [0.2, 0.25) is 0 Å². The fraction of sp³-hybridized carbons (Fsp3) is 0.812. The standard InChI is InChI=1S/C16H27NO7/c1-6-22-13(19)11-9(8-18)10(11)12(14(20)23-7-2)17-15(21)24-16(3,4)5/h9-12,18H,6-8H2,1-5H3,(H,17,21)/t9-,10+,11+,12-/m1/s1. The summed E-state index contributed by atoms with van der Waals surface area (Å²) in [6.45, 7) is 8.44. The summed E-state index contributed by atoms with van der Waals surface area (Å²) in [5.74, 6) is -2.87. The predicted octanol–water partition coefficient (Wildman–Crippen LogP) is 0.860. The molecule has 1 aliphatic rings. The van der Waals surface area contributed by atoms with Crippen LogP contribution in [0.1, 0.15) is 34.6 Å². The van der Waals surface area contributed by atoms with Gasteiger partial charge in [-0.2, -0.15) is 0 Å². The normalized spacial score (nSPS) is 23.8. The molecule has 0 aliphatic heterocycles. The number of amides is 1. The van der Waals surface area contributed by atoms with Crippen molar-refractivity contribution in [3.05, 3.63) is 0 Å². The van der Waals surface area contributed by atoms with Crippen LogP contribution in [-0.4, -0.2) is 54.6 Å². The van der Waals surface area contributed by atoms with Gasteiger partial charge in [0.05, 0.1) is 19.1 Å². The number of carbonyl (C=O) groups is 3. The van der Waals surface area contributed by atoms with E-state index in [1.165, 1.54) is 0 Å². The minimum Gasteiger partial charge on any atom is -0.466 e. The number of rotatable bonds is 7. The molecular formula is C16H27NO7. The molecule has 0 aromatic heterocycles. The highest BCUT2D eigenvalue weighted by molar-refractivity contribution is 5.85. The lowest BCUT2D eigenvalue weighted by molar-refractivity contribution is -0.147. The number of aliphatic hydroxyl groups excluding tert-OH is 1. The van der Waals surface area contributed by atoms with E-state index in [1.54, 1.807) is 34.6 Å². The average molecular weight is 345 g/mol. The maximum atomic E-state index is 12.2. The van der Waals surface area contributed by atoms with Crippen molar-refractivity contribution in [2.75, 3.05) is 19.8 Å². The third-order valence-corrected chi connectivity index (χ3v) is 3.60. The number of esters is 2. The molecule has 1 amide bonds. The third-order valence-electron chi connectivity index (χ3n) is 3.60. The van der Waals surface area contributed by atoms with Gasteiger partial charge >= 0.3 is 18.0 Å². The molecule has 0 unspecified atom stereocenters. The van der Waals surface area contributed by atoms with E-state index in [4.69, 9.17) is 14.2 Å². The summed E-state index contributed by atoms with van der Waals surface area (Å²) < 4.78 is 15.1. The Morgan fingerprint density at radius 3 is 2.17 bits per heavy atom. The smallest absolute Gasteiger partial charge is 0.408 e. The molecule has 1 saturated carbocycles. The lowest BCUT2D eigenvalue weighted by atomic mass is 10.1. The number of carbonyl (C=O) groups excluding carboxylic acids is 3. The topological polar surface area (TPSA) is 111 Å². The zero-order chi connectivity index (χ0) is 18.5. The van der Waals surface area contributed by atoms with E-state index >= 15 is 0 Å². The Labute approximate surface area is 141 Å². The van der Waals surface area contributed by atoms with Crippen LogP contribution in [0.4, 0.5) is 4.79 Å². The summed E-state index contributed by atoms with van der Waals surface area (Å²) in [7, 11) is 0. The van der Waals surface area contributed by atoms with Gasteiger partial charge < -0.3 is 24.6 Å². The van der Waals surface area contributed by atoms with Crippen molar-refractivity contribution in [2.45, 2.75) is 46.3 Å². The van der Waals surface area contributed by atoms with Crippen LogP contribution in [0.2, 0.25) is 0 Å². The van der Waals surface area contributed by atoms with Crippen LogP contribution >= 0.6 is 0 Å². The lowest BCUT2D eigenvalue weighted by Gasteiger charge is -2.23. The van der Waals surface area contributed by atoms with E-state index in [2.05, 4.69) is 5.32 Å². The maximum Gasteiger partial charge on any atom is 0.408 e. The van der Waals surface area contributed by atoms with Gasteiger partial charge in [-0.1, -0.05) is 0 Å². The molecule has 24 heavy (non-hydrogen) atoms. The van der Waals surface area contributed by atoms with E-state index in [-0.39, 0.29) is 19.8 Å². The van der Waals surface area contributed by atoms with Crippen molar-refractivity contribution in [1.82, 2.24) is 5.32 Å². The van der Waals surface area contributed by atoms with Gasteiger partial charge in [-0.05, 0) is 34.6 Å². The molecule has 0 bridgehead atoms. The summed E-state index contributed by atoms with van der Waals surface area (Å²) in [6.07, 6.45) is -0.785. The van der Waals surface area contributed by atoms with Crippen LogP contribution in [0.3, 0.4) is 0 Å². The fourth-order valence-corrected chi connectivity index (χ4v) is 2.64. The van der Waals surface area contributed by atoms with Crippen LogP contribution in [0.5, 0.6) is 0 Å². The van der Waals surface area contributed by atoms with Crippen LogP contribution in [0.25, 0.3) is 0 Å². The molecule has 1 aliphatic carbocycles. The van der Waals surface area contributed by atoms with Gasteiger partial charge in [-0.3, -0.25) is 4.79 Å². The molecule has 8 nitrogen and oxygen atoms in total. The van der Waals surface area contributed by atoms with Gasteiger partial charge in [0.25, 0.3) is 0 Å². The van der Waals surface area contributed by atoms with Crippen LogP contribution < -0.4 is 5.32 Å². The molecule has 0 radical (unpaired) electrons. The Bertz CT molecular complexity index is 472. The van der Waals surface area contributed by atoms with Crippen LogP contribution in [0, 0.1) is 17.8 Å².